The Balaban J connectivity index is 1.85. The fourth-order valence-electron chi connectivity index (χ4n) is 8.04. The molecule has 0 aromatic carbocycles. The molecule has 2 aliphatic heterocycles. The molecule has 3 aliphatic rings. The first-order valence-corrected chi connectivity index (χ1v) is 17.9. The predicted octanol–water partition coefficient (Wildman–Crippen LogP) is 2.51. The van der Waals surface area contributed by atoms with Gasteiger partial charge in [0.1, 0.15) is 18.1 Å². The minimum Gasteiger partial charge on any atom is -0.463 e. The topological polar surface area (TPSA) is 121 Å². The summed E-state index contributed by atoms with van der Waals surface area (Å²) in [4.78, 5) is 48.6. The van der Waals surface area contributed by atoms with Crippen LogP contribution in [0.4, 0.5) is 0 Å². The second-order valence-corrected chi connectivity index (χ2v) is 16.0. The summed E-state index contributed by atoms with van der Waals surface area (Å²) >= 11 is 0. The van der Waals surface area contributed by atoms with Gasteiger partial charge in [-0.3, -0.25) is 19.3 Å². The number of likely N-dealkylation sites (N-methyl/N-ethyl adjacent to an activating group) is 4. The summed E-state index contributed by atoms with van der Waals surface area (Å²) in [5, 5.41) is 11.3. The fraction of sp³-hybridized carbons (Fsp3) is 0.917. The van der Waals surface area contributed by atoms with Gasteiger partial charge >= 0.3 is 5.97 Å². The van der Waals surface area contributed by atoms with Crippen molar-refractivity contribution in [3.05, 3.63) is 0 Å². The number of carbonyl (C=O) groups excluding carboxylic acids is 3. The largest absolute Gasteiger partial charge is 0.463 e. The van der Waals surface area contributed by atoms with Gasteiger partial charge in [-0.05, 0) is 106 Å². The molecular formula is C36H66N4O8. The average molecular weight is 683 g/mol. The van der Waals surface area contributed by atoms with Crippen molar-refractivity contribution >= 4 is 17.7 Å². The van der Waals surface area contributed by atoms with Crippen LogP contribution in [0.15, 0.2) is 0 Å². The summed E-state index contributed by atoms with van der Waals surface area (Å²) < 4.78 is 24.8. The van der Waals surface area contributed by atoms with Crippen molar-refractivity contribution in [1.82, 2.24) is 19.6 Å². The summed E-state index contributed by atoms with van der Waals surface area (Å²) in [6.07, 6.45) is 1.56. The molecular weight excluding hydrogens is 616 g/mol. The average Bonchev–Trinajstić information content (AvgIpc) is 3.02. The van der Waals surface area contributed by atoms with Crippen LogP contribution in [0, 0.1) is 23.2 Å². The van der Waals surface area contributed by atoms with Gasteiger partial charge in [-0.15, -0.1) is 0 Å². The van der Waals surface area contributed by atoms with Gasteiger partial charge in [0.05, 0.1) is 24.9 Å². The lowest BCUT2D eigenvalue weighted by Gasteiger charge is -2.44. The molecule has 2 heterocycles. The zero-order chi connectivity index (χ0) is 36.1. The van der Waals surface area contributed by atoms with Gasteiger partial charge in [-0.1, -0.05) is 13.8 Å². The van der Waals surface area contributed by atoms with Crippen molar-refractivity contribution in [2.45, 2.75) is 122 Å². The Bertz CT molecular complexity index is 1060. The van der Waals surface area contributed by atoms with Crippen molar-refractivity contribution < 1.29 is 38.4 Å². The lowest BCUT2D eigenvalue weighted by molar-refractivity contribution is -0.284. The van der Waals surface area contributed by atoms with Crippen LogP contribution in [0.1, 0.15) is 73.1 Å². The van der Waals surface area contributed by atoms with Crippen LogP contribution in [0.25, 0.3) is 0 Å². The first kappa shape index (κ1) is 40.8. The van der Waals surface area contributed by atoms with Gasteiger partial charge < -0.3 is 38.8 Å². The summed E-state index contributed by atoms with van der Waals surface area (Å²) in [5.41, 5.74) is -1.43. The molecule has 0 radical (unpaired) electrons. The lowest BCUT2D eigenvalue weighted by atomic mass is 9.78. The Morgan fingerprint density at radius 3 is 2.21 bits per heavy atom. The van der Waals surface area contributed by atoms with Crippen LogP contribution in [0.5, 0.6) is 0 Å². The maximum absolute atomic E-state index is 14.2. The zero-order valence-corrected chi connectivity index (χ0v) is 31.8. The molecule has 3 rings (SSSR count). The second kappa shape index (κ2) is 17.5. The summed E-state index contributed by atoms with van der Waals surface area (Å²) in [5.74, 6) is -1.06. The third kappa shape index (κ3) is 9.98. The highest BCUT2D eigenvalue weighted by atomic mass is 16.7. The van der Waals surface area contributed by atoms with Gasteiger partial charge in [-0.2, -0.15) is 0 Å². The number of ketones is 1. The molecule has 1 saturated carbocycles. The summed E-state index contributed by atoms with van der Waals surface area (Å²) in [6, 6.07) is -0.0201. The van der Waals surface area contributed by atoms with E-state index in [2.05, 4.69) is 18.9 Å². The van der Waals surface area contributed by atoms with E-state index < -0.39 is 41.9 Å². The number of aliphatic hydroxyl groups excluding tert-OH is 1. The molecule has 1 aliphatic carbocycles. The second-order valence-electron chi connectivity index (χ2n) is 16.0. The highest BCUT2D eigenvalue weighted by Gasteiger charge is 2.48. The number of hydrogen-bond acceptors (Lipinski definition) is 11. The van der Waals surface area contributed by atoms with Gasteiger partial charge in [0, 0.05) is 44.7 Å². The molecule has 3 fully saturated rings. The molecule has 0 aromatic rings. The number of Topliss-reactive ketones (excluding diaryl/α,β-unsaturated/α-hetero) is 1. The molecule has 48 heavy (non-hydrogen) atoms. The molecule has 1 N–H and O–H groups in total. The first-order valence-electron chi connectivity index (χ1n) is 17.9. The maximum Gasteiger partial charge on any atom is 0.319 e. The Kier molecular flexibility index (Phi) is 14.9. The van der Waals surface area contributed by atoms with Crippen LogP contribution in [-0.2, 0) is 33.3 Å². The predicted molar refractivity (Wildman–Crippen MR) is 184 cm³/mol. The molecule has 278 valence electrons. The SMILES string of the molecule is CO[C@@H]1C[C@@H](C)CN(C)[C@@H](C2CCC(N(C)C(=O)CN(C)C)CC2)COC(=O)C(C)(C)C(=O)[C@H](C)[C@H]1O[C@@H]1O[C@H](C)C[C@H](N(C)C)[C@H]1O. The Morgan fingerprint density at radius 1 is 1.02 bits per heavy atom. The third-order valence-corrected chi connectivity index (χ3v) is 11.1. The summed E-state index contributed by atoms with van der Waals surface area (Å²) in [7, 11) is 13.2. The van der Waals surface area contributed by atoms with Crippen molar-refractivity contribution in [2.24, 2.45) is 23.2 Å². The van der Waals surface area contributed by atoms with Crippen LogP contribution in [-0.4, -0.2) is 160 Å². The van der Waals surface area contributed by atoms with E-state index in [1.807, 2.05) is 56.9 Å². The van der Waals surface area contributed by atoms with Crippen molar-refractivity contribution in [3.8, 4) is 0 Å². The minimum absolute atomic E-state index is 0.0347. The lowest BCUT2D eigenvalue weighted by Crippen LogP contribution is -2.57. The van der Waals surface area contributed by atoms with E-state index in [0.717, 1.165) is 32.2 Å². The highest BCUT2D eigenvalue weighted by molar-refractivity contribution is 6.04. The van der Waals surface area contributed by atoms with E-state index in [4.69, 9.17) is 18.9 Å². The minimum atomic E-state index is -1.43. The van der Waals surface area contributed by atoms with E-state index in [9.17, 15) is 19.5 Å². The van der Waals surface area contributed by atoms with Crippen LogP contribution in [0.2, 0.25) is 0 Å². The third-order valence-electron chi connectivity index (χ3n) is 11.1. The fourth-order valence-corrected chi connectivity index (χ4v) is 8.04. The van der Waals surface area contributed by atoms with Crippen LogP contribution < -0.4 is 0 Å². The van der Waals surface area contributed by atoms with E-state index >= 15 is 0 Å². The number of esters is 1. The number of methoxy groups -OCH3 is 1. The highest BCUT2D eigenvalue weighted by Crippen LogP contribution is 2.36. The standard InChI is InChI=1S/C36H66N4O8/c1-22-17-29(45-12)32(48-34-31(42)27(38(8)9)18-23(2)47-34)24(3)33(43)36(4,5)35(44)46-21-28(39(10)19-22)25-13-15-26(16-14-25)40(11)30(41)20-37(6)7/h22-29,31-32,34,42H,13-21H2,1-12H3/t22-,23-,24-,25?,26?,27+,28-,29-,31-,32-,34+/m1/s1. The maximum atomic E-state index is 14.2. The molecule has 1 amide bonds. The molecule has 0 bridgehead atoms. The van der Waals surface area contributed by atoms with Crippen molar-refractivity contribution in [2.75, 3.05) is 69.1 Å². The molecule has 0 spiro atoms. The Morgan fingerprint density at radius 2 is 1.65 bits per heavy atom. The van der Waals surface area contributed by atoms with E-state index in [0.29, 0.717) is 19.4 Å². The summed E-state index contributed by atoms with van der Waals surface area (Å²) in [6.45, 7) is 10.4. The van der Waals surface area contributed by atoms with E-state index in [-0.39, 0.29) is 54.4 Å². The smallest absolute Gasteiger partial charge is 0.319 e. The van der Waals surface area contributed by atoms with Crippen molar-refractivity contribution in [1.29, 1.82) is 0 Å². The molecule has 2 saturated heterocycles. The normalized spacial score (nSPS) is 37.8. The molecule has 12 nitrogen and oxygen atoms in total. The van der Waals surface area contributed by atoms with Gasteiger partial charge in [-0.25, -0.2) is 0 Å². The van der Waals surface area contributed by atoms with E-state index in [1.165, 1.54) is 0 Å². The zero-order valence-electron chi connectivity index (χ0n) is 31.8. The number of ether oxygens (including phenoxy) is 4. The number of carbonyl (C=O) groups is 3. The van der Waals surface area contributed by atoms with E-state index in [1.54, 1.807) is 27.9 Å². The molecule has 0 aromatic heterocycles. The van der Waals surface area contributed by atoms with Crippen LogP contribution in [0.3, 0.4) is 0 Å². The van der Waals surface area contributed by atoms with Gasteiger partial charge in [0.2, 0.25) is 5.91 Å². The number of rotatable bonds is 8. The van der Waals surface area contributed by atoms with Gasteiger partial charge in [0.25, 0.3) is 0 Å². The number of aliphatic hydroxyl groups is 1. The quantitative estimate of drug-likeness (QED) is 0.300. The molecule has 12 heteroatoms. The Hall–Kier alpha value is -1.67. The first-order chi connectivity index (χ1) is 22.4. The molecule has 9 atom stereocenters. The Labute approximate surface area is 289 Å². The monoisotopic (exact) mass is 682 g/mol. The van der Waals surface area contributed by atoms with Gasteiger partial charge in [0.15, 0.2) is 12.1 Å². The number of cyclic esters (lactones) is 1. The number of amides is 1. The van der Waals surface area contributed by atoms with Crippen LogP contribution >= 0.6 is 0 Å². The van der Waals surface area contributed by atoms with Crippen molar-refractivity contribution in [3.63, 3.8) is 0 Å². The number of hydrogen-bond donors (Lipinski definition) is 1. The number of nitrogens with zero attached hydrogens (tertiary/aromatic N) is 4. The molecule has 0 unspecified atom stereocenters.